The lowest BCUT2D eigenvalue weighted by Gasteiger charge is -2.20. The first kappa shape index (κ1) is 37.2. The molecule has 278 valence electrons. The summed E-state index contributed by atoms with van der Waals surface area (Å²) in [6.07, 6.45) is 0. The van der Waals surface area contributed by atoms with Crippen LogP contribution in [0, 0.1) is 0 Å². The first-order valence-corrected chi connectivity index (χ1v) is 20.5. The number of furan rings is 1. The Hall–Kier alpha value is -7.11. The Bertz CT molecular complexity index is 3210. The van der Waals surface area contributed by atoms with Crippen LogP contribution in [-0.2, 0) is 0 Å². The van der Waals surface area contributed by atoms with Gasteiger partial charge in [0, 0.05) is 27.5 Å². The molecule has 0 aliphatic heterocycles. The second-order valence-corrected chi connectivity index (χ2v) is 15.8. The number of hydrogen-bond acceptors (Lipinski definition) is 4. The van der Waals surface area contributed by atoms with Crippen molar-refractivity contribution in [3.63, 3.8) is 0 Å². The van der Waals surface area contributed by atoms with Gasteiger partial charge in [-0.25, -0.2) is 15.0 Å². The number of fused-ring (bicyclic) bond motifs is 3. The number of rotatable bonds is 7. The van der Waals surface area contributed by atoms with Gasteiger partial charge in [-0.15, -0.1) is 16.4 Å². The molecule has 10 aromatic rings. The zero-order valence-corrected chi connectivity index (χ0v) is 34.4. The van der Waals surface area contributed by atoms with Crippen molar-refractivity contribution in [3.8, 4) is 78.7 Å². The highest BCUT2D eigenvalue weighted by Crippen LogP contribution is 2.36. The molecule has 0 radical (unpaired) electrons. The summed E-state index contributed by atoms with van der Waals surface area (Å²) in [6.45, 7) is 0. The lowest BCUT2D eigenvalue weighted by molar-refractivity contribution is 0.669. The van der Waals surface area contributed by atoms with E-state index in [9.17, 15) is 0 Å². The van der Waals surface area contributed by atoms with Gasteiger partial charge in [-0.05, 0) is 80.9 Å². The molecule has 9 heteroatoms. The number of benzene rings is 8. The molecular formula is C51H38B5N3O. The molecule has 2 heterocycles. The molecule has 4 nitrogen and oxygen atoms in total. The van der Waals surface area contributed by atoms with E-state index in [2.05, 4.69) is 161 Å². The summed E-state index contributed by atoms with van der Waals surface area (Å²) < 4.78 is 6.38. The Morgan fingerprint density at radius 3 is 1.17 bits per heavy atom. The van der Waals surface area contributed by atoms with Crippen LogP contribution in [-0.4, -0.2) is 54.2 Å². The van der Waals surface area contributed by atoms with Gasteiger partial charge < -0.3 is 4.42 Å². The van der Waals surface area contributed by atoms with E-state index in [1.54, 1.807) is 0 Å². The molecule has 0 bridgehead atoms. The third-order valence-corrected chi connectivity index (χ3v) is 12.3. The molecule has 0 aliphatic carbocycles. The lowest BCUT2D eigenvalue weighted by atomic mass is 9.59. The molecule has 0 saturated heterocycles. The summed E-state index contributed by atoms with van der Waals surface area (Å²) in [5.41, 5.74) is 20.6. The maximum Gasteiger partial charge on any atom is 0.164 e. The highest BCUT2D eigenvalue weighted by Gasteiger charge is 2.18. The minimum Gasteiger partial charge on any atom is -0.456 e. The van der Waals surface area contributed by atoms with E-state index in [4.69, 9.17) is 19.4 Å². The molecule has 0 aliphatic rings. The fourth-order valence-electron chi connectivity index (χ4n) is 8.53. The van der Waals surface area contributed by atoms with Crippen molar-refractivity contribution in [2.24, 2.45) is 0 Å². The zero-order valence-electron chi connectivity index (χ0n) is 34.4. The quantitative estimate of drug-likeness (QED) is 0.221. The predicted octanol–water partition coefficient (Wildman–Crippen LogP) is 4.73. The van der Waals surface area contributed by atoms with Crippen molar-refractivity contribution in [2.45, 2.75) is 0 Å². The van der Waals surface area contributed by atoms with Crippen molar-refractivity contribution in [1.29, 1.82) is 0 Å². The second kappa shape index (κ2) is 15.2. The number of nitrogens with zero attached hydrogens (tertiary/aromatic N) is 3. The number of hydrogen-bond donors (Lipinski definition) is 0. The first-order chi connectivity index (χ1) is 29.3. The topological polar surface area (TPSA) is 51.8 Å². The minimum atomic E-state index is 0.610. The van der Waals surface area contributed by atoms with Crippen LogP contribution in [0.15, 0.2) is 174 Å². The molecule has 2 aromatic heterocycles. The van der Waals surface area contributed by atoms with E-state index in [0.29, 0.717) is 17.5 Å². The van der Waals surface area contributed by atoms with E-state index >= 15 is 0 Å². The van der Waals surface area contributed by atoms with E-state index < -0.39 is 0 Å². The molecule has 60 heavy (non-hydrogen) atoms. The van der Waals surface area contributed by atoms with Crippen LogP contribution in [0.25, 0.3) is 101 Å². The van der Waals surface area contributed by atoms with Crippen LogP contribution >= 0.6 is 0 Å². The molecule has 0 spiro atoms. The molecular weight excluding hydrogens is 725 g/mol. The van der Waals surface area contributed by atoms with Gasteiger partial charge in [-0.3, -0.25) is 0 Å². The summed E-state index contributed by atoms with van der Waals surface area (Å²) >= 11 is 0. The van der Waals surface area contributed by atoms with Crippen LogP contribution in [0.1, 0.15) is 0 Å². The molecule has 0 atom stereocenters. The molecule has 8 aromatic carbocycles. The molecule has 0 fully saturated rings. The van der Waals surface area contributed by atoms with Crippen LogP contribution in [0.4, 0.5) is 0 Å². The highest BCUT2D eigenvalue weighted by molar-refractivity contribution is 6.68. The van der Waals surface area contributed by atoms with Gasteiger partial charge in [0.2, 0.25) is 0 Å². The predicted molar refractivity (Wildman–Crippen MR) is 266 cm³/mol. The molecule has 0 saturated carbocycles. The summed E-state index contributed by atoms with van der Waals surface area (Å²) in [4.78, 5) is 15.3. The van der Waals surface area contributed by atoms with Crippen LogP contribution in [0.3, 0.4) is 0 Å². The Morgan fingerprint density at radius 1 is 0.283 bits per heavy atom. The Balaban J connectivity index is 1.02. The molecule has 0 amide bonds. The van der Waals surface area contributed by atoms with Crippen LogP contribution in [0.2, 0.25) is 0 Å². The fraction of sp³-hybridized carbons (Fsp3) is 0. The van der Waals surface area contributed by atoms with E-state index in [1.165, 1.54) is 55.1 Å². The van der Waals surface area contributed by atoms with Crippen molar-refractivity contribution in [2.75, 3.05) is 0 Å². The summed E-state index contributed by atoms with van der Waals surface area (Å²) in [5, 5.41) is 2.06. The van der Waals surface area contributed by atoms with Crippen LogP contribution < -0.4 is 27.3 Å². The lowest BCUT2D eigenvalue weighted by Crippen LogP contribution is -2.55. The summed E-state index contributed by atoms with van der Waals surface area (Å²) in [6, 6.07) is 59.5. The van der Waals surface area contributed by atoms with Gasteiger partial charge in [0.25, 0.3) is 0 Å². The monoisotopic (exact) mass is 763 g/mol. The Morgan fingerprint density at radius 2 is 0.633 bits per heavy atom. The summed E-state index contributed by atoms with van der Waals surface area (Å²) in [5.74, 6) is 1.87. The third-order valence-electron chi connectivity index (χ3n) is 12.3. The summed E-state index contributed by atoms with van der Waals surface area (Å²) in [7, 11) is 11.1. The fourth-order valence-corrected chi connectivity index (χ4v) is 8.53. The Kier molecular flexibility index (Phi) is 9.45. The maximum absolute atomic E-state index is 6.38. The van der Waals surface area contributed by atoms with Crippen molar-refractivity contribution in [3.05, 3.63) is 170 Å². The average Bonchev–Trinajstić information content (AvgIpc) is 3.68. The van der Waals surface area contributed by atoms with E-state index in [-0.39, 0.29) is 0 Å². The van der Waals surface area contributed by atoms with Gasteiger partial charge in [-0.2, -0.15) is 0 Å². The van der Waals surface area contributed by atoms with Crippen molar-refractivity contribution < 1.29 is 4.42 Å². The molecule has 0 N–H and O–H groups in total. The molecule has 0 unspecified atom stereocenters. The molecule has 10 rings (SSSR count). The normalized spacial score (nSPS) is 11.3. The van der Waals surface area contributed by atoms with Gasteiger partial charge in [0.05, 0.1) is 0 Å². The number of aromatic nitrogens is 3. The SMILES string of the molecule is Bc1c(B)c(B)c(-c2cccc(-c3nc(-c4ccccc4)nc(-c4ccc5oc6ccc(-c7ccc(-c8ccc(-c9ccccc9)cc8)cc7)cc6c5c4)n3)c2)c(B)c1B. The zero-order chi connectivity index (χ0) is 40.9. The minimum absolute atomic E-state index is 0.610. The van der Waals surface area contributed by atoms with Crippen molar-refractivity contribution in [1.82, 2.24) is 15.0 Å². The average molecular weight is 763 g/mol. The first-order valence-electron chi connectivity index (χ1n) is 20.5. The maximum atomic E-state index is 6.38. The Labute approximate surface area is 354 Å². The highest BCUT2D eigenvalue weighted by atomic mass is 16.3. The van der Waals surface area contributed by atoms with E-state index in [1.807, 2.05) is 48.5 Å². The smallest absolute Gasteiger partial charge is 0.164 e. The largest absolute Gasteiger partial charge is 0.456 e. The van der Waals surface area contributed by atoms with Gasteiger partial charge >= 0.3 is 0 Å². The third kappa shape index (κ3) is 6.76. The van der Waals surface area contributed by atoms with E-state index in [0.717, 1.165) is 55.3 Å². The van der Waals surface area contributed by atoms with Crippen LogP contribution in [0.5, 0.6) is 0 Å². The van der Waals surface area contributed by atoms with Gasteiger partial charge in [0.15, 0.2) is 17.5 Å². The second-order valence-electron chi connectivity index (χ2n) is 15.8. The standard InChI is InChI=1S/C51H38B5N3O/c52-44-43(45(53)47(55)48(56)46(44)54)36-12-7-13-37(26-36)50-57-49(34-10-5-2-6-11-34)58-51(59-50)38-23-25-42-40(28-38)39-27-35(22-24-41(39)60-42)33-20-18-32(19-21-33)31-16-14-30(15-17-31)29-8-3-1-4-9-29/h1-28H,52-56H2. The van der Waals surface area contributed by atoms with Gasteiger partial charge in [-0.1, -0.05) is 144 Å². The van der Waals surface area contributed by atoms with Crippen molar-refractivity contribution >= 4 is 88.5 Å². The van der Waals surface area contributed by atoms with Gasteiger partial charge in [0.1, 0.15) is 50.4 Å².